The summed E-state index contributed by atoms with van der Waals surface area (Å²) >= 11 is 0. The fraction of sp³-hybridized carbons (Fsp3) is 1.00. The van der Waals surface area contributed by atoms with Gasteiger partial charge in [0.15, 0.2) is 0 Å². The Balaban J connectivity index is 2.68. The van der Waals surface area contributed by atoms with Gasteiger partial charge in [-0.3, -0.25) is 0 Å². The van der Waals surface area contributed by atoms with Gasteiger partial charge >= 0.3 is 0 Å². The lowest BCUT2D eigenvalue weighted by Gasteiger charge is -2.48. The summed E-state index contributed by atoms with van der Waals surface area (Å²) in [5.74, 6) is 0. The Morgan fingerprint density at radius 2 is 1.31 bits per heavy atom. The van der Waals surface area contributed by atoms with Crippen molar-refractivity contribution in [3.05, 3.63) is 0 Å². The molecule has 13 heavy (non-hydrogen) atoms. The zero-order valence-corrected chi connectivity index (χ0v) is 9.78. The molecule has 1 rings (SSSR count). The number of hydrogen-bond donors (Lipinski definition) is 1. The highest BCUT2D eigenvalue weighted by molar-refractivity contribution is 4.94. The van der Waals surface area contributed by atoms with E-state index in [2.05, 4.69) is 27.7 Å². The fourth-order valence-corrected chi connectivity index (χ4v) is 2.09. The summed E-state index contributed by atoms with van der Waals surface area (Å²) in [6.07, 6.45) is 4.23. The molecule has 0 radical (unpaired) electrons. The Morgan fingerprint density at radius 1 is 0.923 bits per heavy atom. The van der Waals surface area contributed by atoms with Crippen LogP contribution in [0, 0.1) is 10.8 Å². The van der Waals surface area contributed by atoms with Gasteiger partial charge in [-0.1, -0.05) is 27.7 Å². The van der Waals surface area contributed by atoms with Crippen molar-refractivity contribution in [1.82, 2.24) is 0 Å². The molecule has 0 aliphatic heterocycles. The molecule has 0 unspecified atom stereocenters. The average Bonchev–Trinajstić information content (AvgIpc) is 1.94. The molecule has 0 heterocycles. The molecule has 0 spiro atoms. The predicted molar refractivity (Wildman–Crippen MR) is 56.7 cm³/mol. The Morgan fingerprint density at radius 3 is 1.62 bits per heavy atom. The Bertz CT molecular complexity index is 176. The van der Waals surface area contributed by atoms with Crippen LogP contribution < -0.4 is 0 Å². The van der Waals surface area contributed by atoms with Crippen LogP contribution in [0.3, 0.4) is 0 Å². The molecule has 0 amide bonds. The van der Waals surface area contributed by atoms with Gasteiger partial charge in [0.1, 0.15) is 0 Å². The second-order valence-electron chi connectivity index (χ2n) is 6.31. The van der Waals surface area contributed by atoms with Crippen molar-refractivity contribution in [2.75, 3.05) is 0 Å². The van der Waals surface area contributed by atoms with Crippen LogP contribution in [0.5, 0.6) is 0 Å². The summed E-state index contributed by atoms with van der Waals surface area (Å²) < 4.78 is 0. The maximum absolute atomic E-state index is 9.87. The van der Waals surface area contributed by atoms with Crippen molar-refractivity contribution < 1.29 is 5.11 Å². The van der Waals surface area contributed by atoms with Crippen molar-refractivity contribution in [3.8, 4) is 0 Å². The molecule has 1 heteroatoms. The normalized spacial score (nSPS) is 42.0. The largest absolute Gasteiger partial charge is 0.390 e. The summed E-state index contributed by atoms with van der Waals surface area (Å²) in [6, 6.07) is 0. The van der Waals surface area contributed by atoms with Gasteiger partial charge in [0.2, 0.25) is 0 Å². The van der Waals surface area contributed by atoms with Crippen LogP contribution in [0.15, 0.2) is 0 Å². The molecule has 1 aliphatic rings. The number of rotatable bonds is 0. The first-order valence-corrected chi connectivity index (χ1v) is 5.39. The lowest BCUT2D eigenvalue weighted by atomic mass is 9.58. The van der Waals surface area contributed by atoms with Gasteiger partial charge in [0.05, 0.1) is 5.60 Å². The van der Waals surface area contributed by atoms with E-state index in [-0.39, 0.29) is 0 Å². The second kappa shape index (κ2) is 2.98. The first kappa shape index (κ1) is 11.0. The van der Waals surface area contributed by atoms with Crippen molar-refractivity contribution in [3.63, 3.8) is 0 Å². The smallest absolute Gasteiger partial charge is 0.0620 e. The zero-order chi connectivity index (χ0) is 10.3. The standard InChI is InChI=1S/C12H24O/c1-10(2,3)11(4)6-8-12(5,13)9-7-11/h13H,6-9H2,1-5H3. The van der Waals surface area contributed by atoms with E-state index in [9.17, 15) is 5.11 Å². The van der Waals surface area contributed by atoms with Crippen LogP contribution in [-0.2, 0) is 0 Å². The van der Waals surface area contributed by atoms with Crippen LogP contribution in [0.1, 0.15) is 60.3 Å². The molecule has 1 saturated carbocycles. The summed E-state index contributed by atoms with van der Waals surface area (Å²) in [5, 5.41) is 9.87. The minimum atomic E-state index is -0.398. The molecule has 0 saturated heterocycles. The van der Waals surface area contributed by atoms with Gasteiger partial charge in [0.25, 0.3) is 0 Å². The van der Waals surface area contributed by atoms with Crippen LogP contribution in [0.4, 0.5) is 0 Å². The molecule has 0 bridgehead atoms. The van der Waals surface area contributed by atoms with Crippen molar-refractivity contribution in [2.45, 2.75) is 65.9 Å². The van der Waals surface area contributed by atoms with E-state index in [0.717, 1.165) is 25.7 Å². The third kappa shape index (κ3) is 2.25. The molecule has 78 valence electrons. The highest BCUT2D eigenvalue weighted by atomic mass is 16.3. The van der Waals surface area contributed by atoms with Crippen molar-refractivity contribution in [2.24, 2.45) is 10.8 Å². The van der Waals surface area contributed by atoms with Crippen molar-refractivity contribution >= 4 is 0 Å². The van der Waals surface area contributed by atoms with E-state index < -0.39 is 5.60 Å². The van der Waals surface area contributed by atoms with Gasteiger partial charge in [0, 0.05) is 0 Å². The third-order valence-electron chi connectivity index (χ3n) is 4.24. The van der Waals surface area contributed by atoms with E-state index in [1.807, 2.05) is 6.92 Å². The second-order valence-corrected chi connectivity index (χ2v) is 6.31. The summed E-state index contributed by atoms with van der Waals surface area (Å²) in [4.78, 5) is 0. The summed E-state index contributed by atoms with van der Waals surface area (Å²) in [5.41, 5.74) is 0.378. The number of aliphatic hydroxyl groups is 1. The molecule has 1 N–H and O–H groups in total. The molecule has 0 aromatic rings. The third-order valence-corrected chi connectivity index (χ3v) is 4.24. The Labute approximate surface area is 82.5 Å². The van der Waals surface area contributed by atoms with Crippen LogP contribution in [-0.4, -0.2) is 10.7 Å². The first-order valence-electron chi connectivity index (χ1n) is 5.39. The summed E-state index contributed by atoms with van der Waals surface area (Å²) in [6.45, 7) is 11.3. The maximum atomic E-state index is 9.87. The highest BCUT2D eigenvalue weighted by Gasteiger charge is 2.43. The lowest BCUT2D eigenvalue weighted by Crippen LogP contribution is -2.42. The molecule has 1 fully saturated rings. The van der Waals surface area contributed by atoms with E-state index >= 15 is 0 Å². The SMILES string of the molecule is CC1(O)CCC(C)(C(C)(C)C)CC1. The van der Waals surface area contributed by atoms with E-state index in [4.69, 9.17) is 0 Å². The molecule has 1 nitrogen and oxygen atoms in total. The van der Waals surface area contributed by atoms with E-state index in [1.165, 1.54) is 0 Å². The predicted octanol–water partition coefficient (Wildman–Crippen LogP) is 3.36. The molecular weight excluding hydrogens is 160 g/mol. The van der Waals surface area contributed by atoms with Gasteiger partial charge in [-0.15, -0.1) is 0 Å². The van der Waals surface area contributed by atoms with E-state index in [0.29, 0.717) is 10.8 Å². The quantitative estimate of drug-likeness (QED) is 0.612. The molecule has 1 aliphatic carbocycles. The van der Waals surface area contributed by atoms with Crippen LogP contribution in [0.2, 0.25) is 0 Å². The molecule has 0 atom stereocenters. The summed E-state index contributed by atoms with van der Waals surface area (Å²) in [7, 11) is 0. The molecule has 0 aromatic heterocycles. The molecular formula is C12H24O. The topological polar surface area (TPSA) is 20.2 Å². The average molecular weight is 184 g/mol. The highest BCUT2D eigenvalue weighted by Crippen LogP contribution is 2.51. The molecule has 0 aromatic carbocycles. The van der Waals surface area contributed by atoms with Gasteiger partial charge in [-0.25, -0.2) is 0 Å². The zero-order valence-electron chi connectivity index (χ0n) is 9.78. The Hall–Kier alpha value is -0.0400. The maximum Gasteiger partial charge on any atom is 0.0620 e. The van der Waals surface area contributed by atoms with Gasteiger partial charge in [-0.05, 0) is 43.4 Å². The van der Waals surface area contributed by atoms with Gasteiger partial charge < -0.3 is 5.11 Å². The monoisotopic (exact) mass is 184 g/mol. The van der Waals surface area contributed by atoms with Crippen LogP contribution >= 0.6 is 0 Å². The lowest BCUT2D eigenvalue weighted by molar-refractivity contribution is -0.0499. The fourth-order valence-electron chi connectivity index (χ4n) is 2.09. The minimum absolute atomic E-state index is 0.365. The van der Waals surface area contributed by atoms with Crippen molar-refractivity contribution in [1.29, 1.82) is 0 Å². The van der Waals surface area contributed by atoms with Crippen LogP contribution in [0.25, 0.3) is 0 Å². The Kier molecular flexibility index (Phi) is 2.53. The van der Waals surface area contributed by atoms with E-state index in [1.54, 1.807) is 0 Å². The first-order chi connectivity index (χ1) is 5.66. The van der Waals surface area contributed by atoms with Gasteiger partial charge in [-0.2, -0.15) is 0 Å². The minimum Gasteiger partial charge on any atom is -0.390 e. The number of hydrogen-bond acceptors (Lipinski definition) is 1.